The standard InChI is InChI=1S/C16H12N2O4S/c1-9-15(10(2)19)18(22)13-8-11(5-6-12(13)17(9)21)16(20)14-4-3-7-23-14/h3-8H,1-2H3. The predicted octanol–water partition coefficient (Wildman–Crippen LogP) is 2.71. The summed E-state index contributed by atoms with van der Waals surface area (Å²) in [6.07, 6.45) is 0. The molecule has 0 fully saturated rings. The fourth-order valence-electron chi connectivity index (χ4n) is 2.49. The van der Waals surface area contributed by atoms with Crippen LogP contribution in [0.25, 0.3) is 11.0 Å². The van der Waals surface area contributed by atoms with Crippen LogP contribution in [0.5, 0.6) is 0 Å². The molecule has 116 valence electrons. The smallest absolute Gasteiger partial charge is 0.324 e. The number of rotatable bonds is 3. The van der Waals surface area contributed by atoms with Crippen LogP contribution in [-0.4, -0.2) is 16.3 Å². The molecule has 0 bridgehead atoms. The van der Waals surface area contributed by atoms with Crippen molar-refractivity contribution in [3.8, 4) is 0 Å². The fraction of sp³-hybridized carbons (Fsp3) is 0.125. The zero-order valence-electron chi connectivity index (χ0n) is 12.4. The minimum atomic E-state index is -0.501. The summed E-state index contributed by atoms with van der Waals surface area (Å²) in [5.74, 6) is -0.733. The SMILES string of the molecule is CC(=O)c1c(C)n([O-])c2ccc(C(=O)c3cccs3)cc2[n+]1=O. The summed E-state index contributed by atoms with van der Waals surface area (Å²) < 4.78 is 0.965. The molecule has 0 atom stereocenters. The molecule has 3 rings (SSSR count). The molecule has 7 heteroatoms. The molecule has 3 aromatic rings. The molecule has 0 amide bonds. The molecule has 0 saturated carbocycles. The van der Waals surface area contributed by atoms with Crippen molar-refractivity contribution in [3.05, 3.63) is 67.7 Å². The summed E-state index contributed by atoms with van der Waals surface area (Å²) in [6, 6.07) is 7.73. The summed E-state index contributed by atoms with van der Waals surface area (Å²) in [4.78, 5) is 37.0. The van der Waals surface area contributed by atoms with Crippen molar-refractivity contribution in [1.82, 2.24) is 4.73 Å². The number of carbonyl (C=O) groups excluding carboxylic acids is 2. The highest BCUT2D eigenvalue weighted by Crippen LogP contribution is 2.20. The van der Waals surface area contributed by atoms with Gasteiger partial charge in [0.15, 0.2) is 0 Å². The lowest BCUT2D eigenvalue weighted by Crippen LogP contribution is -2.29. The van der Waals surface area contributed by atoms with E-state index < -0.39 is 5.78 Å². The van der Waals surface area contributed by atoms with Gasteiger partial charge in [-0.05, 0) is 30.5 Å². The number of carbonyl (C=O) groups is 2. The molecule has 2 heterocycles. The molecular formula is C16H12N2O4S. The summed E-state index contributed by atoms with van der Waals surface area (Å²) in [7, 11) is 0. The van der Waals surface area contributed by atoms with E-state index >= 15 is 0 Å². The molecule has 0 aliphatic carbocycles. The fourth-order valence-corrected chi connectivity index (χ4v) is 3.18. The van der Waals surface area contributed by atoms with Crippen molar-refractivity contribution in [2.24, 2.45) is 0 Å². The van der Waals surface area contributed by atoms with E-state index in [4.69, 9.17) is 0 Å². The third-order valence-electron chi connectivity index (χ3n) is 3.60. The Bertz CT molecular complexity index is 1000. The van der Waals surface area contributed by atoms with Crippen LogP contribution in [0.2, 0.25) is 0 Å². The number of benzene rings is 1. The first-order valence-corrected chi connectivity index (χ1v) is 7.68. The van der Waals surface area contributed by atoms with E-state index in [9.17, 15) is 19.7 Å². The van der Waals surface area contributed by atoms with E-state index in [2.05, 4.69) is 0 Å². The molecule has 23 heavy (non-hydrogen) atoms. The van der Waals surface area contributed by atoms with Gasteiger partial charge in [0.2, 0.25) is 11.6 Å². The van der Waals surface area contributed by atoms with Gasteiger partial charge < -0.3 is 9.94 Å². The summed E-state index contributed by atoms with van der Waals surface area (Å²) >= 11 is 1.29. The van der Waals surface area contributed by atoms with Crippen LogP contribution >= 0.6 is 11.3 Å². The second-order valence-corrected chi connectivity index (χ2v) is 6.04. The molecular weight excluding hydrogens is 316 g/mol. The molecule has 2 aromatic heterocycles. The van der Waals surface area contributed by atoms with Crippen molar-refractivity contribution in [1.29, 1.82) is 0 Å². The zero-order valence-corrected chi connectivity index (χ0v) is 13.2. The number of hydrogen-bond donors (Lipinski definition) is 0. The summed E-state index contributed by atoms with van der Waals surface area (Å²) in [6.45, 7) is 2.64. The number of Topliss-reactive ketones (excluding diaryl/α,β-unsaturated/α-hetero) is 1. The highest BCUT2D eigenvalue weighted by Gasteiger charge is 2.25. The monoisotopic (exact) mass is 328 g/mol. The van der Waals surface area contributed by atoms with Gasteiger partial charge in [-0.25, -0.2) is 0 Å². The molecule has 0 radical (unpaired) electrons. The Morgan fingerprint density at radius 2 is 2.00 bits per heavy atom. The van der Waals surface area contributed by atoms with Gasteiger partial charge in [-0.1, -0.05) is 6.07 Å². The maximum Gasteiger partial charge on any atom is 0.324 e. The number of aromatic nitrogens is 2. The lowest BCUT2D eigenvalue weighted by atomic mass is 10.1. The first kappa shape index (κ1) is 15.1. The van der Waals surface area contributed by atoms with E-state index in [1.807, 2.05) is 0 Å². The van der Waals surface area contributed by atoms with Gasteiger partial charge >= 0.3 is 5.69 Å². The van der Waals surface area contributed by atoms with Gasteiger partial charge in [0.05, 0.1) is 15.0 Å². The summed E-state index contributed by atoms with van der Waals surface area (Å²) in [5.41, 5.74) is 0.233. The Hall–Kier alpha value is -2.80. The van der Waals surface area contributed by atoms with Crippen LogP contribution in [0.3, 0.4) is 0 Å². The molecule has 0 aliphatic heterocycles. The van der Waals surface area contributed by atoms with Gasteiger partial charge in [0.25, 0.3) is 5.52 Å². The third-order valence-corrected chi connectivity index (χ3v) is 4.47. The van der Waals surface area contributed by atoms with E-state index in [1.54, 1.807) is 17.5 Å². The number of hydrogen-bond acceptors (Lipinski definition) is 5. The van der Waals surface area contributed by atoms with Crippen molar-refractivity contribution in [2.75, 3.05) is 0 Å². The normalized spacial score (nSPS) is 10.9. The van der Waals surface area contributed by atoms with E-state index in [0.717, 1.165) is 0 Å². The first-order chi connectivity index (χ1) is 10.9. The van der Waals surface area contributed by atoms with Crippen molar-refractivity contribution in [3.63, 3.8) is 0 Å². The van der Waals surface area contributed by atoms with Crippen LogP contribution in [-0.2, 0) is 0 Å². The molecule has 0 N–H and O–H groups in total. The van der Waals surface area contributed by atoms with Crippen LogP contribution in [0.1, 0.15) is 38.3 Å². The quantitative estimate of drug-likeness (QED) is 0.546. The summed E-state index contributed by atoms with van der Waals surface area (Å²) in [5, 5.41) is 14.0. The van der Waals surface area contributed by atoms with Crippen LogP contribution in [0.4, 0.5) is 0 Å². The van der Waals surface area contributed by atoms with Crippen molar-refractivity contribution < 1.29 is 14.0 Å². The average Bonchev–Trinajstić information content (AvgIpc) is 3.05. The Morgan fingerprint density at radius 1 is 1.26 bits per heavy atom. The zero-order chi connectivity index (χ0) is 16.7. The van der Waals surface area contributed by atoms with E-state index in [0.29, 0.717) is 19.6 Å². The van der Waals surface area contributed by atoms with Crippen LogP contribution < -0.4 is 4.43 Å². The average molecular weight is 328 g/mol. The highest BCUT2D eigenvalue weighted by atomic mass is 32.1. The van der Waals surface area contributed by atoms with Crippen molar-refractivity contribution >= 4 is 33.9 Å². The van der Waals surface area contributed by atoms with Gasteiger partial charge in [-0.2, -0.15) is 0 Å². The second-order valence-electron chi connectivity index (χ2n) is 5.09. The minimum absolute atomic E-state index is 0.00166. The number of fused-ring (bicyclic) bond motifs is 1. The predicted molar refractivity (Wildman–Crippen MR) is 86.6 cm³/mol. The lowest BCUT2D eigenvalue weighted by Gasteiger charge is -2.16. The van der Waals surface area contributed by atoms with Crippen molar-refractivity contribution in [2.45, 2.75) is 13.8 Å². The number of thiophene rings is 1. The Balaban J connectivity index is 2.30. The third kappa shape index (κ3) is 2.35. The largest absolute Gasteiger partial charge is 0.805 e. The molecule has 0 spiro atoms. The van der Waals surface area contributed by atoms with Gasteiger partial charge in [-0.3, -0.25) is 9.59 Å². The van der Waals surface area contributed by atoms with E-state index in [-0.39, 0.29) is 28.2 Å². The molecule has 0 unspecified atom stereocenters. The van der Waals surface area contributed by atoms with Gasteiger partial charge in [0.1, 0.15) is 5.52 Å². The highest BCUT2D eigenvalue weighted by molar-refractivity contribution is 7.12. The molecule has 6 nitrogen and oxygen atoms in total. The van der Waals surface area contributed by atoms with Gasteiger partial charge in [-0.15, -0.1) is 11.3 Å². The van der Waals surface area contributed by atoms with E-state index in [1.165, 1.54) is 43.4 Å². The van der Waals surface area contributed by atoms with Crippen LogP contribution in [0, 0.1) is 17.0 Å². The Morgan fingerprint density at radius 3 is 2.61 bits per heavy atom. The van der Waals surface area contributed by atoms with Gasteiger partial charge in [0, 0.05) is 23.5 Å². The number of ketones is 2. The second kappa shape index (κ2) is 5.44. The Kier molecular flexibility index (Phi) is 3.57. The molecule has 0 saturated heterocycles. The number of nitrogens with zero attached hydrogens (tertiary/aromatic N) is 2. The maximum absolute atomic E-state index is 12.4. The maximum atomic E-state index is 12.4. The lowest BCUT2D eigenvalue weighted by molar-refractivity contribution is -0.468. The molecule has 1 aromatic carbocycles. The minimum Gasteiger partial charge on any atom is -0.805 e. The Labute approximate surface area is 134 Å². The first-order valence-electron chi connectivity index (χ1n) is 6.80. The van der Waals surface area contributed by atoms with Crippen LogP contribution in [0.15, 0.2) is 35.7 Å². The topological polar surface area (TPSA) is 85.1 Å². The molecule has 0 aliphatic rings.